The summed E-state index contributed by atoms with van der Waals surface area (Å²) in [5.74, 6) is 0. The summed E-state index contributed by atoms with van der Waals surface area (Å²) in [6.45, 7) is 4.13. The van der Waals surface area contributed by atoms with E-state index in [2.05, 4.69) is 16.7 Å². The Hall–Kier alpha value is -1.53. The van der Waals surface area contributed by atoms with E-state index in [1.165, 1.54) is 12.8 Å². The number of anilines is 1. The normalized spacial score (nSPS) is 20.1. The van der Waals surface area contributed by atoms with Crippen molar-refractivity contribution in [3.05, 3.63) is 29.3 Å². The first-order chi connectivity index (χ1) is 7.79. The summed E-state index contributed by atoms with van der Waals surface area (Å²) in [5.41, 5.74) is 2.91. The Labute approximate surface area is 96.5 Å². The predicted octanol–water partition coefficient (Wildman–Crippen LogP) is 2.03. The van der Waals surface area contributed by atoms with E-state index in [0.717, 1.165) is 29.9 Å². The van der Waals surface area contributed by atoms with Crippen LogP contribution in [0.15, 0.2) is 18.2 Å². The van der Waals surface area contributed by atoms with Crippen molar-refractivity contribution in [3.63, 3.8) is 0 Å². The van der Waals surface area contributed by atoms with Gasteiger partial charge < -0.3 is 10.6 Å². The standard InChI is InChI=1S/C13H17N3/c1-10-7-12(5-4-11(10)8-14)16-13-3-2-6-15-9-13/h4-5,7,13,15-16H,2-3,6,9H2,1H3. The Bertz CT molecular complexity index is 400. The summed E-state index contributed by atoms with van der Waals surface area (Å²) >= 11 is 0. The third-order valence-electron chi connectivity index (χ3n) is 3.01. The van der Waals surface area contributed by atoms with Crippen LogP contribution >= 0.6 is 0 Å². The molecule has 16 heavy (non-hydrogen) atoms. The lowest BCUT2D eigenvalue weighted by Gasteiger charge is -2.25. The molecule has 3 heteroatoms. The molecule has 1 aliphatic rings. The molecule has 84 valence electrons. The number of nitriles is 1. The molecule has 2 N–H and O–H groups in total. The van der Waals surface area contributed by atoms with Gasteiger partial charge in [0.1, 0.15) is 0 Å². The SMILES string of the molecule is Cc1cc(NC2CCCNC2)ccc1C#N. The molecule has 0 aliphatic carbocycles. The zero-order valence-corrected chi connectivity index (χ0v) is 9.59. The van der Waals surface area contributed by atoms with Gasteiger partial charge in [0.25, 0.3) is 0 Å². The second kappa shape index (κ2) is 5.00. The average molecular weight is 215 g/mol. The molecule has 0 bridgehead atoms. The molecule has 1 aliphatic heterocycles. The minimum absolute atomic E-state index is 0.515. The van der Waals surface area contributed by atoms with Gasteiger partial charge in [-0.05, 0) is 50.1 Å². The zero-order valence-electron chi connectivity index (χ0n) is 9.59. The maximum absolute atomic E-state index is 8.85. The first-order valence-electron chi connectivity index (χ1n) is 5.77. The number of nitrogens with one attached hydrogen (secondary N) is 2. The van der Waals surface area contributed by atoms with Crippen molar-refractivity contribution in [1.82, 2.24) is 5.32 Å². The highest BCUT2D eigenvalue weighted by Gasteiger charge is 2.12. The minimum Gasteiger partial charge on any atom is -0.381 e. The van der Waals surface area contributed by atoms with Crippen molar-refractivity contribution in [2.45, 2.75) is 25.8 Å². The van der Waals surface area contributed by atoms with Crippen molar-refractivity contribution < 1.29 is 0 Å². The first-order valence-corrected chi connectivity index (χ1v) is 5.77. The second-order valence-corrected chi connectivity index (χ2v) is 4.33. The van der Waals surface area contributed by atoms with Crippen molar-refractivity contribution in [3.8, 4) is 6.07 Å². The Kier molecular flexibility index (Phi) is 3.43. The summed E-state index contributed by atoms with van der Waals surface area (Å²) in [6, 6.07) is 8.62. The number of nitrogens with zero attached hydrogens (tertiary/aromatic N) is 1. The van der Waals surface area contributed by atoms with Crippen molar-refractivity contribution >= 4 is 5.69 Å². The Morgan fingerprint density at radius 1 is 1.50 bits per heavy atom. The van der Waals surface area contributed by atoms with Crippen LogP contribution < -0.4 is 10.6 Å². The zero-order chi connectivity index (χ0) is 11.4. The Morgan fingerprint density at radius 2 is 2.38 bits per heavy atom. The second-order valence-electron chi connectivity index (χ2n) is 4.33. The molecule has 1 heterocycles. The molecule has 0 spiro atoms. The van der Waals surface area contributed by atoms with E-state index < -0.39 is 0 Å². The van der Waals surface area contributed by atoms with Gasteiger partial charge in [-0.25, -0.2) is 0 Å². The fraction of sp³-hybridized carbons (Fsp3) is 0.462. The van der Waals surface area contributed by atoms with E-state index in [4.69, 9.17) is 5.26 Å². The van der Waals surface area contributed by atoms with E-state index in [9.17, 15) is 0 Å². The maximum atomic E-state index is 8.85. The van der Waals surface area contributed by atoms with E-state index in [1.54, 1.807) is 0 Å². The molecule has 1 unspecified atom stereocenters. The van der Waals surface area contributed by atoms with Crippen molar-refractivity contribution in [1.29, 1.82) is 5.26 Å². The van der Waals surface area contributed by atoms with E-state index in [1.807, 2.05) is 25.1 Å². The van der Waals surface area contributed by atoms with E-state index in [-0.39, 0.29) is 0 Å². The molecule has 0 saturated carbocycles. The first kappa shape index (κ1) is 11.0. The maximum Gasteiger partial charge on any atom is 0.0994 e. The largest absolute Gasteiger partial charge is 0.381 e. The van der Waals surface area contributed by atoms with Gasteiger partial charge in [0.15, 0.2) is 0 Å². The van der Waals surface area contributed by atoms with Gasteiger partial charge in [-0.15, -0.1) is 0 Å². The fourth-order valence-corrected chi connectivity index (χ4v) is 2.09. The average Bonchev–Trinajstić information content (AvgIpc) is 2.31. The quantitative estimate of drug-likeness (QED) is 0.793. The third-order valence-corrected chi connectivity index (χ3v) is 3.01. The highest BCUT2D eigenvalue weighted by molar-refractivity contribution is 5.52. The number of piperidine rings is 1. The minimum atomic E-state index is 0.515. The van der Waals surface area contributed by atoms with E-state index in [0.29, 0.717) is 6.04 Å². The summed E-state index contributed by atoms with van der Waals surface area (Å²) < 4.78 is 0. The van der Waals surface area contributed by atoms with Crippen LogP contribution in [0.5, 0.6) is 0 Å². The van der Waals surface area contributed by atoms with Crippen molar-refractivity contribution in [2.75, 3.05) is 18.4 Å². The lowest BCUT2D eigenvalue weighted by Crippen LogP contribution is -2.38. The van der Waals surface area contributed by atoms with Crippen LogP contribution in [0.1, 0.15) is 24.0 Å². The van der Waals surface area contributed by atoms with Crippen LogP contribution in [0.25, 0.3) is 0 Å². The van der Waals surface area contributed by atoms with Gasteiger partial charge in [0.05, 0.1) is 11.6 Å². The third kappa shape index (κ3) is 2.53. The Balaban J connectivity index is 2.04. The molecule has 1 aromatic carbocycles. The summed E-state index contributed by atoms with van der Waals surface area (Å²) in [5, 5.41) is 15.7. The molecular formula is C13H17N3. The number of hydrogen-bond donors (Lipinski definition) is 2. The highest BCUT2D eigenvalue weighted by atomic mass is 15.0. The predicted molar refractivity (Wildman–Crippen MR) is 65.4 cm³/mol. The highest BCUT2D eigenvalue weighted by Crippen LogP contribution is 2.17. The number of hydrogen-bond acceptors (Lipinski definition) is 3. The number of rotatable bonds is 2. The van der Waals surface area contributed by atoms with Crippen LogP contribution in [-0.4, -0.2) is 19.1 Å². The molecule has 1 fully saturated rings. The smallest absolute Gasteiger partial charge is 0.0994 e. The fourth-order valence-electron chi connectivity index (χ4n) is 2.09. The molecule has 2 rings (SSSR count). The topological polar surface area (TPSA) is 47.8 Å². The van der Waals surface area contributed by atoms with Gasteiger partial charge in [-0.1, -0.05) is 0 Å². The van der Waals surface area contributed by atoms with Gasteiger partial charge in [-0.3, -0.25) is 0 Å². The number of benzene rings is 1. The summed E-state index contributed by atoms with van der Waals surface area (Å²) in [7, 11) is 0. The van der Waals surface area contributed by atoms with E-state index >= 15 is 0 Å². The van der Waals surface area contributed by atoms with Crippen LogP contribution in [0.3, 0.4) is 0 Å². The van der Waals surface area contributed by atoms with Gasteiger partial charge in [-0.2, -0.15) is 5.26 Å². The van der Waals surface area contributed by atoms with Crippen LogP contribution in [0.4, 0.5) is 5.69 Å². The molecule has 0 radical (unpaired) electrons. The lowest BCUT2D eigenvalue weighted by atomic mass is 10.1. The monoisotopic (exact) mass is 215 g/mol. The molecule has 0 amide bonds. The molecular weight excluding hydrogens is 198 g/mol. The molecule has 3 nitrogen and oxygen atoms in total. The Morgan fingerprint density at radius 3 is 3.00 bits per heavy atom. The molecule has 1 atom stereocenters. The lowest BCUT2D eigenvalue weighted by molar-refractivity contribution is 0.480. The van der Waals surface area contributed by atoms with Gasteiger partial charge in [0.2, 0.25) is 0 Å². The summed E-state index contributed by atoms with van der Waals surface area (Å²) in [6.07, 6.45) is 2.44. The summed E-state index contributed by atoms with van der Waals surface area (Å²) in [4.78, 5) is 0. The van der Waals surface area contributed by atoms with Crippen molar-refractivity contribution in [2.24, 2.45) is 0 Å². The molecule has 1 aromatic rings. The van der Waals surface area contributed by atoms with Crippen LogP contribution in [0.2, 0.25) is 0 Å². The van der Waals surface area contributed by atoms with Gasteiger partial charge in [0, 0.05) is 18.3 Å². The number of aryl methyl sites for hydroxylation is 1. The van der Waals surface area contributed by atoms with Crippen LogP contribution in [-0.2, 0) is 0 Å². The van der Waals surface area contributed by atoms with Gasteiger partial charge >= 0.3 is 0 Å². The molecule has 1 saturated heterocycles. The molecule has 0 aromatic heterocycles. The van der Waals surface area contributed by atoms with Crippen LogP contribution in [0, 0.1) is 18.3 Å².